The Balaban J connectivity index is 1.60. The van der Waals surface area contributed by atoms with Crippen LogP contribution in [-0.2, 0) is 0 Å². The first-order valence-electron chi connectivity index (χ1n) is 8.19. The van der Waals surface area contributed by atoms with Crippen molar-refractivity contribution in [1.82, 2.24) is 14.8 Å². The molecule has 0 radical (unpaired) electrons. The van der Waals surface area contributed by atoms with E-state index in [1.807, 2.05) is 17.5 Å². The average Bonchev–Trinajstić information content (AvgIpc) is 3.14. The molecule has 26 heavy (non-hydrogen) atoms. The van der Waals surface area contributed by atoms with Gasteiger partial charge in [0.05, 0.1) is 15.7 Å². The van der Waals surface area contributed by atoms with Crippen LogP contribution in [0, 0.1) is 11.6 Å². The fraction of sp³-hybridized carbons (Fsp3) is 0.278. The summed E-state index contributed by atoms with van der Waals surface area (Å²) < 4.78 is 29.0. The smallest absolute Gasteiger partial charge is 0.192 e. The Hall–Kier alpha value is -2.06. The maximum absolute atomic E-state index is 13.9. The topological polar surface area (TPSA) is 47.8 Å². The fourth-order valence-corrected chi connectivity index (χ4v) is 4.41. The molecule has 134 valence electrons. The molecule has 4 rings (SSSR count). The molecule has 0 aliphatic heterocycles. The quantitative estimate of drug-likeness (QED) is 0.439. The molecule has 1 aromatic carbocycles. The number of ketones is 1. The van der Waals surface area contributed by atoms with E-state index in [4.69, 9.17) is 0 Å². The van der Waals surface area contributed by atoms with Gasteiger partial charge in [0.2, 0.25) is 0 Å². The van der Waals surface area contributed by atoms with Crippen molar-refractivity contribution >= 4 is 28.9 Å². The lowest BCUT2D eigenvalue weighted by atomic mass is 10.1. The highest BCUT2D eigenvalue weighted by Gasteiger charge is 2.32. The van der Waals surface area contributed by atoms with Gasteiger partial charge in [-0.1, -0.05) is 17.8 Å². The zero-order valence-electron chi connectivity index (χ0n) is 13.9. The second-order valence-corrected chi connectivity index (χ2v) is 8.39. The van der Waals surface area contributed by atoms with Crippen LogP contribution in [-0.4, -0.2) is 25.8 Å². The Kier molecular flexibility index (Phi) is 4.62. The lowest BCUT2D eigenvalue weighted by Crippen LogP contribution is -2.16. The molecule has 1 aliphatic carbocycles. The van der Waals surface area contributed by atoms with E-state index in [0.29, 0.717) is 11.2 Å². The number of hydrogen-bond acceptors (Lipinski definition) is 5. The van der Waals surface area contributed by atoms with Gasteiger partial charge in [-0.2, -0.15) is 0 Å². The van der Waals surface area contributed by atoms with E-state index in [-0.39, 0.29) is 5.56 Å². The molecular formula is C18H15F2N3OS2. The van der Waals surface area contributed by atoms with Crippen molar-refractivity contribution in [3.8, 4) is 10.7 Å². The Bertz CT molecular complexity index is 952. The van der Waals surface area contributed by atoms with Gasteiger partial charge in [0.1, 0.15) is 11.6 Å². The zero-order valence-corrected chi connectivity index (χ0v) is 15.5. The number of nitrogens with zero attached hydrogens (tertiary/aromatic N) is 3. The molecule has 1 saturated carbocycles. The Morgan fingerprint density at radius 3 is 2.77 bits per heavy atom. The molecule has 3 aromatic rings. The molecule has 0 amide bonds. The van der Waals surface area contributed by atoms with E-state index in [1.165, 1.54) is 17.8 Å². The van der Waals surface area contributed by atoms with E-state index < -0.39 is 22.7 Å². The van der Waals surface area contributed by atoms with E-state index >= 15 is 0 Å². The number of carbonyl (C=O) groups is 1. The van der Waals surface area contributed by atoms with Crippen molar-refractivity contribution in [3.63, 3.8) is 0 Å². The van der Waals surface area contributed by atoms with Gasteiger partial charge in [0.15, 0.2) is 16.8 Å². The third kappa shape index (κ3) is 3.31. The molecule has 0 saturated heterocycles. The zero-order chi connectivity index (χ0) is 18.3. The van der Waals surface area contributed by atoms with E-state index in [1.54, 1.807) is 18.3 Å². The van der Waals surface area contributed by atoms with Gasteiger partial charge >= 0.3 is 0 Å². The van der Waals surface area contributed by atoms with Crippen molar-refractivity contribution in [1.29, 1.82) is 0 Å². The number of benzene rings is 1. The molecule has 2 aromatic heterocycles. The summed E-state index contributed by atoms with van der Waals surface area (Å²) in [4.78, 5) is 13.6. The minimum absolute atomic E-state index is 0.109. The minimum Gasteiger partial charge on any atom is -0.298 e. The standard InChI is InChI=1S/C18H15F2N3OS2/c1-10(16(24)13-7-4-11(19)9-14(13)20)26-18-22-21-17(15-3-2-8-25-15)23(18)12-5-6-12/h2-4,7-10,12H,5-6H2,1H3. The Morgan fingerprint density at radius 1 is 1.31 bits per heavy atom. The second-order valence-electron chi connectivity index (χ2n) is 6.13. The largest absolute Gasteiger partial charge is 0.298 e. The van der Waals surface area contributed by atoms with Crippen LogP contribution in [0.1, 0.15) is 36.2 Å². The number of carbonyl (C=O) groups excluding carboxylic acids is 1. The molecule has 1 aliphatic rings. The number of Topliss-reactive ketones (excluding diaryl/α,β-unsaturated/α-hetero) is 1. The van der Waals surface area contributed by atoms with Crippen LogP contribution in [0.4, 0.5) is 8.78 Å². The third-order valence-electron chi connectivity index (χ3n) is 4.17. The second kappa shape index (κ2) is 6.92. The van der Waals surface area contributed by atoms with Crippen LogP contribution >= 0.6 is 23.1 Å². The molecule has 0 bridgehead atoms. The first-order chi connectivity index (χ1) is 12.5. The summed E-state index contributed by atoms with van der Waals surface area (Å²) >= 11 is 2.85. The summed E-state index contributed by atoms with van der Waals surface area (Å²) in [5.74, 6) is -1.13. The number of halogens is 2. The predicted octanol–water partition coefficient (Wildman–Crippen LogP) is 4.98. The summed E-state index contributed by atoms with van der Waals surface area (Å²) in [6.07, 6.45) is 2.11. The van der Waals surface area contributed by atoms with Gasteiger partial charge in [-0.25, -0.2) is 8.78 Å². The van der Waals surface area contributed by atoms with Crippen molar-refractivity contribution in [2.45, 2.75) is 36.2 Å². The van der Waals surface area contributed by atoms with Gasteiger partial charge in [-0.3, -0.25) is 9.36 Å². The molecule has 0 N–H and O–H groups in total. The molecule has 2 heterocycles. The number of hydrogen-bond donors (Lipinski definition) is 0. The van der Waals surface area contributed by atoms with Crippen LogP contribution in [0.15, 0.2) is 40.9 Å². The van der Waals surface area contributed by atoms with Crippen LogP contribution in [0.3, 0.4) is 0 Å². The Morgan fingerprint density at radius 2 is 2.12 bits per heavy atom. The number of thioether (sulfide) groups is 1. The van der Waals surface area contributed by atoms with Crippen LogP contribution in [0.5, 0.6) is 0 Å². The highest BCUT2D eigenvalue weighted by Crippen LogP contribution is 2.42. The summed E-state index contributed by atoms with van der Waals surface area (Å²) in [6.45, 7) is 1.70. The maximum atomic E-state index is 13.9. The summed E-state index contributed by atoms with van der Waals surface area (Å²) in [7, 11) is 0. The first kappa shape index (κ1) is 17.4. The van der Waals surface area contributed by atoms with Crippen LogP contribution < -0.4 is 0 Å². The number of thiophene rings is 1. The molecular weight excluding hydrogens is 376 g/mol. The van der Waals surface area contributed by atoms with E-state index in [2.05, 4.69) is 14.8 Å². The van der Waals surface area contributed by atoms with Crippen molar-refractivity contribution in [2.75, 3.05) is 0 Å². The van der Waals surface area contributed by atoms with Gasteiger partial charge in [0.25, 0.3) is 0 Å². The highest BCUT2D eigenvalue weighted by molar-refractivity contribution is 8.00. The van der Waals surface area contributed by atoms with Crippen LogP contribution in [0.2, 0.25) is 0 Å². The SMILES string of the molecule is CC(Sc1nnc(-c2cccs2)n1C1CC1)C(=O)c1ccc(F)cc1F. The molecule has 8 heteroatoms. The van der Waals surface area contributed by atoms with Crippen molar-refractivity contribution in [3.05, 3.63) is 52.9 Å². The van der Waals surface area contributed by atoms with Crippen LogP contribution in [0.25, 0.3) is 10.7 Å². The summed E-state index contributed by atoms with van der Waals surface area (Å²) in [5.41, 5.74) is -0.109. The van der Waals surface area contributed by atoms with Crippen molar-refractivity contribution < 1.29 is 13.6 Å². The monoisotopic (exact) mass is 391 g/mol. The lowest BCUT2D eigenvalue weighted by molar-refractivity contribution is 0.0990. The Labute approximate surface area is 157 Å². The fourth-order valence-electron chi connectivity index (χ4n) is 2.71. The lowest BCUT2D eigenvalue weighted by Gasteiger charge is -2.12. The normalized spacial score (nSPS) is 15.2. The average molecular weight is 391 g/mol. The minimum atomic E-state index is -0.842. The molecule has 1 unspecified atom stereocenters. The number of aromatic nitrogens is 3. The summed E-state index contributed by atoms with van der Waals surface area (Å²) in [5, 5.41) is 10.6. The third-order valence-corrected chi connectivity index (χ3v) is 6.09. The van der Waals surface area contributed by atoms with Crippen molar-refractivity contribution in [2.24, 2.45) is 0 Å². The number of rotatable bonds is 6. The van der Waals surface area contributed by atoms with Gasteiger partial charge in [-0.05, 0) is 43.3 Å². The predicted molar refractivity (Wildman–Crippen MR) is 97.6 cm³/mol. The van der Waals surface area contributed by atoms with E-state index in [0.717, 1.165) is 35.7 Å². The van der Waals surface area contributed by atoms with Gasteiger partial charge < -0.3 is 0 Å². The summed E-state index contributed by atoms with van der Waals surface area (Å²) in [6, 6.07) is 7.30. The highest BCUT2D eigenvalue weighted by atomic mass is 32.2. The molecule has 4 nitrogen and oxygen atoms in total. The molecule has 1 atom stereocenters. The maximum Gasteiger partial charge on any atom is 0.192 e. The molecule has 1 fully saturated rings. The molecule has 0 spiro atoms. The van der Waals surface area contributed by atoms with Gasteiger partial charge in [-0.15, -0.1) is 21.5 Å². The first-order valence-corrected chi connectivity index (χ1v) is 9.95. The van der Waals surface area contributed by atoms with E-state index in [9.17, 15) is 13.6 Å². The van der Waals surface area contributed by atoms with Gasteiger partial charge in [0, 0.05) is 12.1 Å².